The Bertz CT molecular complexity index is 974. The molecule has 160 valence electrons. The number of rotatable bonds is 10. The summed E-state index contributed by atoms with van der Waals surface area (Å²) in [6.45, 7) is 1.89. The van der Waals surface area contributed by atoms with Crippen LogP contribution in [0.1, 0.15) is 12.8 Å². The van der Waals surface area contributed by atoms with E-state index >= 15 is 0 Å². The number of nitrogens with one attached hydrogen (secondary N) is 1. The van der Waals surface area contributed by atoms with E-state index in [-0.39, 0.29) is 0 Å². The van der Waals surface area contributed by atoms with Crippen LogP contribution in [0.15, 0.2) is 36.4 Å². The lowest BCUT2D eigenvalue weighted by molar-refractivity contribution is 0.356. The summed E-state index contributed by atoms with van der Waals surface area (Å²) in [5.41, 5.74) is 1.72. The molecule has 0 atom stereocenters. The van der Waals surface area contributed by atoms with Gasteiger partial charge in [0.1, 0.15) is 11.6 Å². The number of unbranched alkanes of at least 4 members (excludes halogenated alkanes) is 1. The SMILES string of the molecule is COc1ccc(-c2nc(NCCCCN(C)C)c3cc(OC)c(OC)cc3n2)cc1. The first-order chi connectivity index (χ1) is 14.5. The molecule has 2 aromatic carbocycles. The molecule has 3 rings (SSSR count). The van der Waals surface area contributed by atoms with Gasteiger partial charge in [0, 0.05) is 23.6 Å². The van der Waals surface area contributed by atoms with Crippen molar-refractivity contribution in [2.75, 3.05) is 53.8 Å². The quantitative estimate of drug-likeness (QED) is 0.505. The van der Waals surface area contributed by atoms with E-state index in [1.807, 2.05) is 36.4 Å². The summed E-state index contributed by atoms with van der Waals surface area (Å²) in [7, 11) is 9.08. The summed E-state index contributed by atoms with van der Waals surface area (Å²) in [5.74, 6) is 3.53. The zero-order valence-electron chi connectivity index (χ0n) is 18.4. The molecule has 7 nitrogen and oxygen atoms in total. The third kappa shape index (κ3) is 5.10. The van der Waals surface area contributed by atoms with Crippen molar-refractivity contribution in [1.82, 2.24) is 14.9 Å². The van der Waals surface area contributed by atoms with Crippen LogP contribution in [0.25, 0.3) is 22.3 Å². The molecule has 7 heteroatoms. The van der Waals surface area contributed by atoms with E-state index in [1.165, 1.54) is 0 Å². The average molecular weight is 411 g/mol. The van der Waals surface area contributed by atoms with E-state index in [9.17, 15) is 0 Å². The Balaban J connectivity index is 1.98. The van der Waals surface area contributed by atoms with Crippen molar-refractivity contribution < 1.29 is 14.2 Å². The minimum atomic E-state index is 0.640. The highest BCUT2D eigenvalue weighted by Gasteiger charge is 2.14. The lowest BCUT2D eigenvalue weighted by Crippen LogP contribution is -2.14. The molecule has 0 saturated carbocycles. The number of hydrogen-bond acceptors (Lipinski definition) is 7. The van der Waals surface area contributed by atoms with Crippen LogP contribution in [0.2, 0.25) is 0 Å². The van der Waals surface area contributed by atoms with Gasteiger partial charge >= 0.3 is 0 Å². The Morgan fingerprint density at radius 3 is 2.20 bits per heavy atom. The topological polar surface area (TPSA) is 68.7 Å². The molecular formula is C23H30N4O3. The van der Waals surface area contributed by atoms with Gasteiger partial charge in [0.25, 0.3) is 0 Å². The molecule has 0 unspecified atom stereocenters. The Morgan fingerprint density at radius 2 is 1.57 bits per heavy atom. The largest absolute Gasteiger partial charge is 0.497 e. The average Bonchev–Trinajstić information content (AvgIpc) is 2.77. The highest BCUT2D eigenvalue weighted by molar-refractivity contribution is 5.93. The summed E-state index contributed by atoms with van der Waals surface area (Å²) in [5, 5.41) is 4.39. The molecule has 0 spiro atoms. The molecule has 1 N–H and O–H groups in total. The zero-order valence-corrected chi connectivity index (χ0v) is 18.4. The predicted octanol–water partition coefficient (Wildman–Crippen LogP) is 4.08. The molecule has 0 amide bonds. The Hall–Kier alpha value is -3.06. The van der Waals surface area contributed by atoms with Crippen LogP contribution in [0, 0.1) is 0 Å². The monoisotopic (exact) mass is 410 g/mol. The highest BCUT2D eigenvalue weighted by Crippen LogP contribution is 2.35. The van der Waals surface area contributed by atoms with Crippen molar-refractivity contribution >= 4 is 16.7 Å². The van der Waals surface area contributed by atoms with Crippen molar-refractivity contribution in [3.63, 3.8) is 0 Å². The van der Waals surface area contributed by atoms with Crippen LogP contribution in [-0.2, 0) is 0 Å². The number of hydrogen-bond donors (Lipinski definition) is 1. The predicted molar refractivity (Wildman–Crippen MR) is 121 cm³/mol. The lowest BCUT2D eigenvalue weighted by atomic mass is 10.1. The smallest absolute Gasteiger partial charge is 0.162 e. The van der Waals surface area contributed by atoms with E-state index in [1.54, 1.807) is 21.3 Å². The second kappa shape index (κ2) is 10.1. The van der Waals surface area contributed by atoms with Crippen molar-refractivity contribution in [3.05, 3.63) is 36.4 Å². The van der Waals surface area contributed by atoms with E-state index < -0.39 is 0 Å². The molecular weight excluding hydrogens is 380 g/mol. The van der Waals surface area contributed by atoms with Gasteiger partial charge in [-0.05, 0) is 63.8 Å². The first-order valence-electron chi connectivity index (χ1n) is 10.0. The second-order valence-corrected chi connectivity index (χ2v) is 7.29. The molecule has 1 heterocycles. The maximum Gasteiger partial charge on any atom is 0.162 e. The molecule has 0 saturated heterocycles. The summed E-state index contributed by atoms with van der Waals surface area (Å²) in [4.78, 5) is 11.8. The van der Waals surface area contributed by atoms with Gasteiger partial charge < -0.3 is 24.4 Å². The highest BCUT2D eigenvalue weighted by atomic mass is 16.5. The number of fused-ring (bicyclic) bond motifs is 1. The third-order valence-corrected chi connectivity index (χ3v) is 4.87. The molecule has 0 aliphatic carbocycles. The first-order valence-corrected chi connectivity index (χ1v) is 10.0. The van der Waals surface area contributed by atoms with Gasteiger partial charge in [-0.1, -0.05) is 0 Å². The van der Waals surface area contributed by atoms with Crippen molar-refractivity contribution in [1.29, 1.82) is 0 Å². The van der Waals surface area contributed by atoms with Crippen LogP contribution in [0.5, 0.6) is 17.2 Å². The molecule has 0 bridgehead atoms. The summed E-state index contributed by atoms with van der Waals surface area (Å²) in [6, 6.07) is 11.6. The van der Waals surface area contributed by atoms with Gasteiger partial charge in [0.15, 0.2) is 17.3 Å². The fourth-order valence-corrected chi connectivity index (χ4v) is 3.22. The van der Waals surface area contributed by atoms with Crippen molar-refractivity contribution in [3.8, 4) is 28.6 Å². The maximum absolute atomic E-state index is 5.48. The second-order valence-electron chi connectivity index (χ2n) is 7.29. The minimum absolute atomic E-state index is 0.640. The van der Waals surface area contributed by atoms with Gasteiger partial charge in [-0.15, -0.1) is 0 Å². The van der Waals surface area contributed by atoms with Gasteiger partial charge in [0.2, 0.25) is 0 Å². The summed E-state index contributed by atoms with van der Waals surface area (Å²) in [6.07, 6.45) is 2.17. The van der Waals surface area contributed by atoms with Gasteiger partial charge in [-0.3, -0.25) is 0 Å². The van der Waals surface area contributed by atoms with Gasteiger partial charge in [0.05, 0.1) is 26.8 Å². The Morgan fingerprint density at radius 1 is 0.867 bits per heavy atom. The fourth-order valence-electron chi connectivity index (χ4n) is 3.22. The van der Waals surface area contributed by atoms with Crippen LogP contribution in [-0.4, -0.2) is 63.4 Å². The summed E-state index contributed by atoms with van der Waals surface area (Å²) < 4.78 is 16.2. The molecule has 1 aromatic heterocycles. The molecule has 0 fully saturated rings. The number of aromatic nitrogens is 2. The number of benzene rings is 2. The zero-order chi connectivity index (χ0) is 21.5. The molecule has 0 aliphatic rings. The standard InChI is InChI=1S/C23H30N4O3/c1-27(2)13-7-6-12-24-23-18-14-20(29-4)21(30-5)15-19(18)25-22(26-23)16-8-10-17(28-3)11-9-16/h8-11,14-15H,6-7,12-13H2,1-5H3,(H,24,25,26). The van der Waals surface area contributed by atoms with E-state index in [4.69, 9.17) is 24.2 Å². The summed E-state index contributed by atoms with van der Waals surface area (Å²) >= 11 is 0. The number of nitrogens with zero attached hydrogens (tertiary/aromatic N) is 3. The number of anilines is 1. The van der Waals surface area contributed by atoms with Crippen molar-refractivity contribution in [2.45, 2.75) is 12.8 Å². The number of ether oxygens (including phenoxy) is 3. The van der Waals surface area contributed by atoms with E-state index in [2.05, 4.69) is 24.3 Å². The van der Waals surface area contributed by atoms with E-state index in [0.29, 0.717) is 17.3 Å². The molecule has 0 radical (unpaired) electrons. The lowest BCUT2D eigenvalue weighted by Gasteiger charge is -2.14. The molecule has 0 aliphatic heterocycles. The molecule has 30 heavy (non-hydrogen) atoms. The van der Waals surface area contributed by atoms with Crippen molar-refractivity contribution in [2.24, 2.45) is 0 Å². The third-order valence-electron chi connectivity index (χ3n) is 4.87. The van der Waals surface area contributed by atoms with Gasteiger partial charge in [-0.2, -0.15) is 0 Å². The maximum atomic E-state index is 5.48. The first kappa shape index (κ1) is 21.6. The van der Waals surface area contributed by atoms with E-state index in [0.717, 1.165) is 54.0 Å². The Labute approximate surface area is 178 Å². The van der Waals surface area contributed by atoms with Crippen LogP contribution in [0.3, 0.4) is 0 Å². The van der Waals surface area contributed by atoms with Crippen LogP contribution < -0.4 is 19.5 Å². The number of methoxy groups -OCH3 is 3. The normalized spacial score (nSPS) is 11.0. The van der Waals surface area contributed by atoms with Crippen LogP contribution >= 0.6 is 0 Å². The van der Waals surface area contributed by atoms with Crippen LogP contribution in [0.4, 0.5) is 5.82 Å². The van der Waals surface area contributed by atoms with Gasteiger partial charge in [-0.25, -0.2) is 9.97 Å². The Kier molecular flexibility index (Phi) is 7.30. The molecule has 3 aromatic rings. The minimum Gasteiger partial charge on any atom is -0.497 e. The fraction of sp³-hybridized carbons (Fsp3) is 0.391.